The fourth-order valence-corrected chi connectivity index (χ4v) is 8.44. The van der Waals surface area contributed by atoms with Gasteiger partial charge >= 0.3 is 0 Å². The lowest BCUT2D eigenvalue weighted by Crippen LogP contribution is -2.48. The number of benzene rings is 1. The van der Waals surface area contributed by atoms with E-state index in [-0.39, 0.29) is 16.4 Å². The second kappa shape index (κ2) is 6.35. The highest BCUT2D eigenvalue weighted by Gasteiger charge is 2.48. The van der Waals surface area contributed by atoms with Gasteiger partial charge in [-0.25, -0.2) is 16.8 Å². The summed E-state index contributed by atoms with van der Waals surface area (Å²) < 4.78 is 50.1. The van der Waals surface area contributed by atoms with E-state index in [1.54, 1.807) is 0 Å². The summed E-state index contributed by atoms with van der Waals surface area (Å²) in [7, 11) is -7.04. The Morgan fingerprint density at radius 1 is 1.00 bits per heavy atom. The molecule has 0 amide bonds. The number of likely N-dealkylation sites (tertiary alicyclic amines) is 1. The maximum absolute atomic E-state index is 13.0. The van der Waals surface area contributed by atoms with E-state index in [0.29, 0.717) is 5.02 Å². The van der Waals surface area contributed by atoms with Crippen LogP contribution in [0.5, 0.6) is 0 Å². The van der Waals surface area contributed by atoms with Crippen molar-refractivity contribution in [3.8, 4) is 0 Å². The molecule has 0 aromatic heterocycles. The lowest BCUT2D eigenvalue weighted by Gasteiger charge is -2.34. The number of hydrogen-bond donors (Lipinski definition) is 0. The number of piperidine rings is 1. The summed E-state index contributed by atoms with van der Waals surface area (Å²) >= 11 is 5.82. The molecule has 0 spiro atoms. The van der Waals surface area contributed by atoms with Gasteiger partial charge in [-0.2, -0.15) is 0 Å². The van der Waals surface area contributed by atoms with Gasteiger partial charge in [-0.1, -0.05) is 18.0 Å². The van der Waals surface area contributed by atoms with Gasteiger partial charge in [-0.3, -0.25) is 4.90 Å². The van der Waals surface area contributed by atoms with Gasteiger partial charge in [0.25, 0.3) is 0 Å². The molecule has 3 rings (SSSR count). The predicted molar refractivity (Wildman–Crippen MR) is 90.3 cm³/mol. The Hall–Kier alpha value is -0.630. The molecular formula is C15H20ClNO4S2. The predicted octanol–water partition coefficient (Wildman–Crippen LogP) is 1.77. The van der Waals surface area contributed by atoms with Crippen LogP contribution in [0, 0.1) is 0 Å². The van der Waals surface area contributed by atoms with Crippen LogP contribution in [0.2, 0.25) is 5.02 Å². The van der Waals surface area contributed by atoms with Gasteiger partial charge in [0.1, 0.15) is 0 Å². The first kappa shape index (κ1) is 17.2. The Labute approximate surface area is 142 Å². The fraction of sp³-hybridized carbons (Fsp3) is 0.600. The van der Waals surface area contributed by atoms with E-state index in [9.17, 15) is 16.8 Å². The highest BCUT2D eigenvalue weighted by atomic mass is 35.5. The van der Waals surface area contributed by atoms with Crippen LogP contribution >= 0.6 is 11.6 Å². The summed E-state index contributed by atoms with van der Waals surface area (Å²) in [5.41, 5.74) is 0. The lowest BCUT2D eigenvalue weighted by molar-refractivity contribution is 0.178. The number of nitrogens with zero attached hydrogens (tertiary/aromatic N) is 1. The summed E-state index contributed by atoms with van der Waals surface area (Å²) in [4.78, 5) is 2.19. The van der Waals surface area contributed by atoms with Crippen molar-refractivity contribution in [2.24, 2.45) is 0 Å². The Morgan fingerprint density at radius 3 is 2.22 bits per heavy atom. The second-order valence-corrected chi connectivity index (χ2v) is 11.0. The Kier molecular flexibility index (Phi) is 4.75. The van der Waals surface area contributed by atoms with Gasteiger partial charge in [-0.05, 0) is 50.2 Å². The second-order valence-electron chi connectivity index (χ2n) is 6.28. The third-order valence-electron chi connectivity index (χ3n) is 4.67. The van der Waals surface area contributed by atoms with Crippen molar-refractivity contribution < 1.29 is 16.8 Å². The summed E-state index contributed by atoms with van der Waals surface area (Å²) in [5.74, 6) is -0.358. The molecule has 2 aliphatic heterocycles. The first-order valence-corrected chi connectivity index (χ1v) is 11.5. The van der Waals surface area contributed by atoms with E-state index in [1.165, 1.54) is 24.3 Å². The van der Waals surface area contributed by atoms with Gasteiger partial charge < -0.3 is 0 Å². The zero-order valence-electron chi connectivity index (χ0n) is 12.7. The molecule has 5 nitrogen and oxygen atoms in total. The topological polar surface area (TPSA) is 71.5 Å². The van der Waals surface area contributed by atoms with E-state index in [4.69, 9.17) is 11.6 Å². The first-order chi connectivity index (χ1) is 10.8. The van der Waals surface area contributed by atoms with Crippen molar-refractivity contribution in [3.05, 3.63) is 29.3 Å². The zero-order chi connectivity index (χ0) is 16.7. The van der Waals surface area contributed by atoms with Crippen molar-refractivity contribution in [2.45, 2.75) is 35.4 Å². The normalized spacial score (nSPS) is 28.7. The molecule has 0 N–H and O–H groups in total. The van der Waals surface area contributed by atoms with Crippen LogP contribution in [0.15, 0.2) is 29.2 Å². The molecule has 23 heavy (non-hydrogen) atoms. The van der Waals surface area contributed by atoms with Crippen LogP contribution in [-0.4, -0.2) is 57.6 Å². The standard InChI is InChI=1S/C15H20ClNO4S2/c16-12-4-6-13(7-5-12)23(20,21)15-11-22(18,19)10-14(15)17-8-2-1-3-9-17/h4-7,14-15H,1-3,8-11H2/t14-,15-/m0/s1. The SMILES string of the molecule is O=S1(=O)C[C@H](N2CCCCC2)[C@@H](S(=O)(=O)c2ccc(Cl)cc2)C1. The van der Waals surface area contributed by atoms with Crippen LogP contribution in [0.1, 0.15) is 19.3 Å². The third kappa shape index (κ3) is 3.57. The molecule has 1 aromatic rings. The van der Waals surface area contributed by atoms with Crippen molar-refractivity contribution >= 4 is 31.3 Å². The van der Waals surface area contributed by atoms with Gasteiger partial charge in [0, 0.05) is 11.1 Å². The van der Waals surface area contributed by atoms with E-state index in [2.05, 4.69) is 0 Å². The van der Waals surface area contributed by atoms with Crippen molar-refractivity contribution in [1.29, 1.82) is 0 Å². The van der Waals surface area contributed by atoms with Crippen LogP contribution < -0.4 is 0 Å². The van der Waals surface area contributed by atoms with Gasteiger partial charge in [0.05, 0.1) is 21.7 Å². The van der Waals surface area contributed by atoms with E-state index in [1.807, 2.05) is 4.90 Å². The summed E-state index contributed by atoms with van der Waals surface area (Å²) in [5, 5.41) is -0.442. The quantitative estimate of drug-likeness (QED) is 0.802. The largest absolute Gasteiger partial charge is 0.298 e. The molecule has 0 unspecified atom stereocenters. The number of hydrogen-bond acceptors (Lipinski definition) is 5. The maximum Gasteiger partial charge on any atom is 0.183 e. The molecule has 2 aliphatic rings. The van der Waals surface area contributed by atoms with Crippen LogP contribution in [0.3, 0.4) is 0 Å². The molecule has 128 valence electrons. The first-order valence-electron chi connectivity index (χ1n) is 7.73. The minimum Gasteiger partial charge on any atom is -0.298 e. The summed E-state index contributed by atoms with van der Waals surface area (Å²) in [6, 6.07) is 5.51. The molecule has 0 saturated carbocycles. The molecule has 2 atom stereocenters. The average molecular weight is 378 g/mol. The molecule has 0 aliphatic carbocycles. The Morgan fingerprint density at radius 2 is 1.61 bits per heavy atom. The number of sulfone groups is 2. The Bertz CT molecular complexity index is 768. The molecule has 0 bridgehead atoms. The number of halogens is 1. The van der Waals surface area contributed by atoms with E-state index in [0.717, 1.165) is 32.4 Å². The summed E-state index contributed by atoms with van der Waals surface area (Å²) in [6.07, 6.45) is 3.10. The van der Waals surface area contributed by atoms with Crippen molar-refractivity contribution in [2.75, 3.05) is 24.6 Å². The molecule has 2 heterocycles. The molecule has 2 saturated heterocycles. The van der Waals surface area contributed by atoms with Crippen LogP contribution in [0.4, 0.5) is 0 Å². The maximum atomic E-state index is 13.0. The van der Waals surface area contributed by atoms with Crippen LogP contribution in [-0.2, 0) is 19.7 Å². The fourth-order valence-electron chi connectivity index (χ4n) is 3.48. The molecule has 8 heteroatoms. The highest BCUT2D eigenvalue weighted by Crippen LogP contribution is 2.31. The van der Waals surface area contributed by atoms with Gasteiger partial charge in [0.2, 0.25) is 0 Å². The molecule has 0 radical (unpaired) electrons. The molecular weight excluding hydrogens is 358 g/mol. The van der Waals surface area contributed by atoms with E-state index >= 15 is 0 Å². The molecule has 1 aromatic carbocycles. The number of rotatable bonds is 3. The van der Waals surface area contributed by atoms with Gasteiger partial charge in [-0.15, -0.1) is 0 Å². The summed E-state index contributed by atoms with van der Waals surface area (Å²) in [6.45, 7) is 1.54. The van der Waals surface area contributed by atoms with Gasteiger partial charge in [0.15, 0.2) is 19.7 Å². The Balaban J connectivity index is 1.95. The van der Waals surface area contributed by atoms with Crippen molar-refractivity contribution in [1.82, 2.24) is 4.90 Å². The zero-order valence-corrected chi connectivity index (χ0v) is 15.1. The highest BCUT2D eigenvalue weighted by molar-refractivity contribution is 7.96. The van der Waals surface area contributed by atoms with Crippen LogP contribution in [0.25, 0.3) is 0 Å². The minimum atomic E-state index is -3.70. The smallest absolute Gasteiger partial charge is 0.183 e. The van der Waals surface area contributed by atoms with E-state index < -0.39 is 31.0 Å². The van der Waals surface area contributed by atoms with Crippen molar-refractivity contribution in [3.63, 3.8) is 0 Å². The lowest BCUT2D eigenvalue weighted by atomic mass is 10.1. The molecule has 2 fully saturated rings. The average Bonchev–Trinajstić information content (AvgIpc) is 2.85. The minimum absolute atomic E-state index is 0.0650. The third-order valence-corrected chi connectivity index (χ3v) is 9.06. The monoisotopic (exact) mass is 377 g/mol.